The van der Waals surface area contributed by atoms with Gasteiger partial charge in [0.15, 0.2) is 0 Å². The molecule has 0 radical (unpaired) electrons. The number of aliphatic imine (C=N–C) groups is 1. The maximum Gasteiger partial charge on any atom is 0.277 e. The van der Waals surface area contributed by atoms with Crippen molar-refractivity contribution in [3.63, 3.8) is 0 Å². The fourth-order valence-corrected chi connectivity index (χ4v) is 3.62. The van der Waals surface area contributed by atoms with Crippen molar-refractivity contribution in [1.82, 2.24) is 10.9 Å². The monoisotopic (exact) mass is 483 g/mol. The number of carbonyl (C=O) groups is 1. The Morgan fingerprint density at radius 2 is 2.00 bits per heavy atom. The first-order valence-corrected chi connectivity index (χ1v) is 10.5. The van der Waals surface area contributed by atoms with Crippen molar-refractivity contribution in [2.45, 2.75) is 19.9 Å². The Balaban J connectivity index is 1.63. The number of amides is 1. The number of hydrogen-bond acceptors (Lipinski definition) is 4. The van der Waals surface area contributed by atoms with Crippen LogP contribution in [-0.2, 0) is 11.3 Å². The summed E-state index contributed by atoms with van der Waals surface area (Å²) in [4.78, 5) is 16.5. The van der Waals surface area contributed by atoms with Gasteiger partial charge >= 0.3 is 0 Å². The van der Waals surface area contributed by atoms with Gasteiger partial charge in [-0.1, -0.05) is 41.4 Å². The van der Waals surface area contributed by atoms with Crippen molar-refractivity contribution in [3.05, 3.63) is 68.6 Å². The zero-order valence-corrected chi connectivity index (χ0v) is 18.5. The van der Waals surface area contributed by atoms with Crippen LogP contribution in [0.5, 0.6) is 0 Å². The summed E-state index contributed by atoms with van der Waals surface area (Å²) >= 11 is 12.9. The van der Waals surface area contributed by atoms with Gasteiger partial charge in [0.05, 0.1) is 16.5 Å². The number of rotatable bonds is 4. The van der Waals surface area contributed by atoms with E-state index in [1.54, 1.807) is 12.1 Å². The summed E-state index contributed by atoms with van der Waals surface area (Å²) in [6.45, 7) is 1.79. The summed E-state index contributed by atoms with van der Waals surface area (Å²) in [6.07, 6.45) is 2.36. The largest absolute Gasteiger partial charge is 0.369 e. The molecule has 6 nitrogen and oxygen atoms in total. The molecule has 0 spiro atoms. The van der Waals surface area contributed by atoms with Gasteiger partial charge in [0, 0.05) is 40.2 Å². The van der Waals surface area contributed by atoms with Gasteiger partial charge in [-0.2, -0.15) is 0 Å². The number of carbonyl (C=O) groups excluding carboxylic acids is 1. The van der Waals surface area contributed by atoms with E-state index in [0.29, 0.717) is 16.9 Å². The number of benzene rings is 2. The molecule has 162 valence electrons. The summed E-state index contributed by atoms with van der Waals surface area (Å²) in [5, 5.41) is 0.00191. The van der Waals surface area contributed by atoms with E-state index < -0.39 is 17.5 Å². The van der Waals surface area contributed by atoms with Gasteiger partial charge < -0.3 is 5.73 Å². The fraction of sp³-hybridized carbons (Fsp3) is 0.150. The lowest BCUT2D eigenvalue weighted by Gasteiger charge is -2.11. The third-order valence-electron chi connectivity index (χ3n) is 4.19. The molecule has 0 fully saturated rings. The third-order valence-corrected chi connectivity index (χ3v) is 5.74. The number of halogens is 4. The molecule has 3 rings (SSSR count). The van der Waals surface area contributed by atoms with Crippen molar-refractivity contribution < 1.29 is 13.6 Å². The Morgan fingerprint density at radius 3 is 2.68 bits per heavy atom. The van der Waals surface area contributed by atoms with Gasteiger partial charge in [0.1, 0.15) is 11.6 Å². The van der Waals surface area contributed by atoms with Crippen LogP contribution >= 0.6 is 35.1 Å². The molecule has 1 aliphatic heterocycles. The molecule has 0 unspecified atom stereocenters. The highest BCUT2D eigenvalue weighted by Gasteiger charge is 2.14. The molecule has 0 saturated heterocycles. The van der Waals surface area contributed by atoms with Crippen LogP contribution in [0.4, 0.5) is 8.78 Å². The van der Waals surface area contributed by atoms with E-state index in [-0.39, 0.29) is 33.7 Å². The number of guanidine groups is 1. The van der Waals surface area contributed by atoms with E-state index in [2.05, 4.69) is 20.2 Å². The average molecular weight is 484 g/mol. The van der Waals surface area contributed by atoms with Gasteiger partial charge in [-0.25, -0.2) is 18.2 Å². The van der Waals surface area contributed by atoms with Crippen LogP contribution in [0.1, 0.15) is 18.9 Å². The minimum Gasteiger partial charge on any atom is -0.369 e. The Kier molecular flexibility index (Phi) is 7.53. The Labute approximate surface area is 191 Å². The van der Waals surface area contributed by atoms with Crippen LogP contribution in [0.3, 0.4) is 0 Å². The molecule has 1 amide bonds. The number of hydrazine groups is 1. The quantitative estimate of drug-likeness (QED) is 0.192. The van der Waals surface area contributed by atoms with E-state index in [0.717, 1.165) is 23.7 Å². The van der Waals surface area contributed by atoms with Crippen molar-refractivity contribution >= 4 is 52.7 Å². The number of nitrogens with zero attached hydrogens (tertiary/aromatic N) is 2. The van der Waals surface area contributed by atoms with E-state index in [4.69, 9.17) is 28.9 Å². The fourth-order valence-electron chi connectivity index (χ4n) is 2.58. The summed E-state index contributed by atoms with van der Waals surface area (Å²) in [5.74, 6) is -1.77. The smallest absolute Gasteiger partial charge is 0.277 e. The predicted octanol–water partition coefficient (Wildman–Crippen LogP) is 4.77. The normalized spacial score (nSPS) is 14.0. The molecule has 1 aliphatic rings. The maximum absolute atomic E-state index is 14.5. The molecule has 11 heteroatoms. The molecule has 0 aliphatic carbocycles. The molecule has 0 saturated carbocycles. The Hall–Kier alpha value is -2.62. The van der Waals surface area contributed by atoms with E-state index in [9.17, 15) is 13.6 Å². The van der Waals surface area contributed by atoms with Crippen LogP contribution < -0.4 is 16.6 Å². The molecule has 2 aromatic carbocycles. The van der Waals surface area contributed by atoms with Crippen molar-refractivity contribution in [2.24, 2.45) is 15.1 Å². The number of nitrogens with one attached hydrogen (secondary N) is 2. The zero-order valence-electron chi connectivity index (χ0n) is 16.2. The van der Waals surface area contributed by atoms with Crippen molar-refractivity contribution in [2.75, 3.05) is 0 Å². The molecular formula is C20H17Cl2F2N5OS. The van der Waals surface area contributed by atoms with E-state index >= 15 is 0 Å². The highest BCUT2D eigenvalue weighted by molar-refractivity contribution is 8.03. The topological polar surface area (TPSA) is 91.9 Å². The molecule has 1 heterocycles. The van der Waals surface area contributed by atoms with Crippen molar-refractivity contribution in [3.8, 4) is 11.1 Å². The first-order valence-electron chi connectivity index (χ1n) is 8.95. The summed E-state index contributed by atoms with van der Waals surface area (Å²) < 4.78 is 32.4. The lowest BCUT2D eigenvalue weighted by Crippen LogP contribution is -2.46. The van der Waals surface area contributed by atoms with Crippen LogP contribution in [0, 0.1) is 11.6 Å². The second-order valence-corrected chi connectivity index (χ2v) is 8.15. The predicted molar refractivity (Wildman–Crippen MR) is 122 cm³/mol. The van der Waals surface area contributed by atoms with Crippen LogP contribution in [0.25, 0.3) is 11.1 Å². The summed E-state index contributed by atoms with van der Waals surface area (Å²) in [5.41, 5.74) is 12.4. The number of allylic oxidation sites excluding steroid dienone is 1. The molecule has 2 aromatic rings. The standard InChI is InChI=1S/C20H17Cl2F2N5OS/c1-10-2-5-17(31-29-10)19(30)27-28-20(25)26-9-12-4-3-11(6-15(12)23)14-7-13(21)8-16(24)18(14)22/h3-8H,2,9H2,1H3,(H,27,30)(H3,25,26,28). The molecule has 0 aromatic heterocycles. The minimum atomic E-state index is -0.691. The average Bonchev–Trinajstić information content (AvgIpc) is 2.74. The van der Waals surface area contributed by atoms with Gasteiger partial charge in [-0.05, 0) is 30.7 Å². The summed E-state index contributed by atoms with van der Waals surface area (Å²) in [6, 6.07) is 6.81. The summed E-state index contributed by atoms with van der Waals surface area (Å²) in [7, 11) is 0. The van der Waals surface area contributed by atoms with Crippen LogP contribution in [0.2, 0.25) is 10.0 Å². The maximum atomic E-state index is 14.5. The first kappa shape index (κ1) is 23.1. The van der Waals surface area contributed by atoms with Gasteiger partial charge in [0.2, 0.25) is 5.96 Å². The first-order chi connectivity index (χ1) is 14.7. The van der Waals surface area contributed by atoms with Gasteiger partial charge in [-0.3, -0.25) is 15.6 Å². The Morgan fingerprint density at radius 1 is 1.23 bits per heavy atom. The van der Waals surface area contributed by atoms with Crippen molar-refractivity contribution in [1.29, 1.82) is 0 Å². The van der Waals surface area contributed by atoms with Crippen LogP contribution in [-0.4, -0.2) is 17.6 Å². The third kappa shape index (κ3) is 5.96. The lowest BCUT2D eigenvalue weighted by molar-refractivity contribution is -0.117. The molecule has 4 N–H and O–H groups in total. The number of nitrogens with two attached hydrogens (primary N) is 1. The zero-order chi connectivity index (χ0) is 22.5. The van der Waals surface area contributed by atoms with Gasteiger partial charge in [0.25, 0.3) is 5.91 Å². The van der Waals surface area contributed by atoms with E-state index in [1.165, 1.54) is 18.2 Å². The second-order valence-electron chi connectivity index (χ2n) is 6.53. The molecule has 0 bridgehead atoms. The van der Waals surface area contributed by atoms with Gasteiger partial charge in [-0.15, -0.1) is 0 Å². The highest BCUT2D eigenvalue weighted by Crippen LogP contribution is 2.33. The number of hydrogen-bond donors (Lipinski definition) is 3. The minimum absolute atomic E-state index is 0.0839. The van der Waals surface area contributed by atoms with E-state index in [1.807, 2.05) is 6.92 Å². The second kappa shape index (κ2) is 10.1. The Bertz CT molecular complexity index is 1120. The highest BCUT2D eigenvalue weighted by atomic mass is 35.5. The lowest BCUT2D eigenvalue weighted by atomic mass is 10.0. The SMILES string of the molecule is CC1=NSC(C(=O)NNC(N)=NCc2ccc(-c3cc(Cl)cc(F)c3Cl)cc2F)=CC1. The van der Waals surface area contributed by atoms with Crippen LogP contribution in [0.15, 0.2) is 50.7 Å². The molecular weight excluding hydrogens is 467 g/mol. The molecule has 0 atom stereocenters. The molecule has 31 heavy (non-hydrogen) atoms.